The zero-order chi connectivity index (χ0) is 20.8. The summed E-state index contributed by atoms with van der Waals surface area (Å²) in [7, 11) is 0. The van der Waals surface area contributed by atoms with Gasteiger partial charge in [-0.25, -0.2) is 9.59 Å². The standard InChI is InChI=1S/C24H18O6/c25-19(26)11-29-17-9-10-18(30-12-20(27)28)24-22-14-6-2-1-5-13(14)21(23(17)24)15-7-3-4-8-16(15)22/h1-10,21-22H,11-12H2,(H,25,26)(H,27,28). The van der Waals surface area contributed by atoms with E-state index in [1.165, 1.54) is 0 Å². The molecule has 150 valence electrons. The smallest absolute Gasteiger partial charge is 0.341 e. The maximum absolute atomic E-state index is 11.1. The molecule has 0 atom stereocenters. The number of benzene rings is 3. The van der Waals surface area contributed by atoms with Crippen LogP contribution in [0.2, 0.25) is 0 Å². The Kier molecular flexibility index (Phi) is 4.20. The summed E-state index contributed by atoms with van der Waals surface area (Å²) in [4.78, 5) is 22.3. The van der Waals surface area contributed by atoms with Crippen LogP contribution in [-0.2, 0) is 9.59 Å². The average molecular weight is 402 g/mol. The SMILES string of the molecule is O=C(O)COc1ccc(OCC(=O)O)c2c1C1c3ccccc3C2c2ccccc21. The van der Waals surface area contributed by atoms with Gasteiger partial charge in [-0.3, -0.25) is 0 Å². The van der Waals surface area contributed by atoms with Crippen molar-refractivity contribution in [1.29, 1.82) is 0 Å². The van der Waals surface area contributed by atoms with Gasteiger partial charge in [-0.2, -0.15) is 0 Å². The highest BCUT2D eigenvalue weighted by molar-refractivity contribution is 5.74. The normalized spacial score (nSPS) is 17.5. The van der Waals surface area contributed by atoms with Crippen LogP contribution in [0.5, 0.6) is 11.5 Å². The number of carboxylic acids is 2. The highest BCUT2D eigenvalue weighted by Crippen LogP contribution is 2.59. The molecule has 0 amide bonds. The van der Waals surface area contributed by atoms with E-state index in [4.69, 9.17) is 19.7 Å². The first kappa shape index (κ1) is 18.2. The van der Waals surface area contributed by atoms with Crippen molar-refractivity contribution in [2.24, 2.45) is 0 Å². The second-order valence-corrected chi connectivity index (χ2v) is 7.38. The zero-order valence-corrected chi connectivity index (χ0v) is 15.9. The minimum Gasteiger partial charge on any atom is -0.482 e. The van der Waals surface area contributed by atoms with E-state index in [1.807, 2.05) is 24.3 Å². The molecule has 0 aliphatic heterocycles. The van der Waals surface area contributed by atoms with Gasteiger partial charge in [-0.15, -0.1) is 0 Å². The molecular formula is C24H18O6. The van der Waals surface area contributed by atoms with Crippen LogP contribution in [0.4, 0.5) is 0 Å². The Balaban J connectivity index is 1.76. The second kappa shape index (κ2) is 6.91. The molecule has 2 N–H and O–H groups in total. The fourth-order valence-corrected chi connectivity index (χ4v) is 4.75. The first-order chi connectivity index (χ1) is 14.6. The van der Waals surface area contributed by atoms with Crippen molar-refractivity contribution in [2.45, 2.75) is 11.8 Å². The van der Waals surface area contributed by atoms with Crippen molar-refractivity contribution in [2.75, 3.05) is 13.2 Å². The number of carboxylic acid groups (broad SMARTS) is 2. The Morgan fingerprint density at radius 3 is 1.27 bits per heavy atom. The molecule has 3 aliphatic carbocycles. The summed E-state index contributed by atoms with van der Waals surface area (Å²) in [6.07, 6.45) is 0. The topological polar surface area (TPSA) is 93.1 Å². The molecule has 0 heterocycles. The highest BCUT2D eigenvalue weighted by atomic mass is 16.5. The van der Waals surface area contributed by atoms with Gasteiger partial charge in [-0.05, 0) is 34.4 Å². The fourth-order valence-electron chi connectivity index (χ4n) is 4.75. The number of rotatable bonds is 6. The summed E-state index contributed by atoms with van der Waals surface area (Å²) in [6.45, 7) is -0.912. The molecule has 0 radical (unpaired) electrons. The minimum atomic E-state index is -1.06. The Bertz CT molecular complexity index is 1040. The first-order valence-electron chi connectivity index (χ1n) is 9.60. The monoisotopic (exact) mass is 402 g/mol. The Morgan fingerprint density at radius 1 is 0.633 bits per heavy atom. The van der Waals surface area contributed by atoms with Gasteiger partial charge in [0, 0.05) is 23.0 Å². The molecule has 2 bridgehead atoms. The Labute approximate surface area is 172 Å². The predicted molar refractivity (Wildman–Crippen MR) is 107 cm³/mol. The molecule has 0 spiro atoms. The summed E-state index contributed by atoms with van der Waals surface area (Å²) in [5, 5.41) is 18.2. The van der Waals surface area contributed by atoms with E-state index < -0.39 is 25.2 Å². The fraction of sp³-hybridized carbons (Fsp3) is 0.167. The quantitative estimate of drug-likeness (QED) is 0.451. The number of aliphatic carboxylic acids is 2. The molecule has 0 aromatic heterocycles. The maximum Gasteiger partial charge on any atom is 0.341 e. The highest BCUT2D eigenvalue weighted by Gasteiger charge is 2.44. The van der Waals surface area contributed by atoms with Gasteiger partial charge in [0.05, 0.1) is 0 Å². The van der Waals surface area contributed by atoms with Crippen molar-refractivity contribution >= 4 is 11.9 Å². The molecular weight excluding hydrogens is 384 g/mol. The second-order valence-electron chi connectivity index (χ2n) is 7.38. The van der Waals surface area contributed by atoms with Crippen molar-refractivity contribution < 1.29 is 29.3 Å². The van der Waals surface area contributed by atoms with Gasteiger partial charge in [0.1, 0.15) is 11.5 Å². The van der Waals surface area contributed by atoms with Crippen LogP contribution < -0.4 is 9.47 Å². The largest absolute Gasteiger partial charge is 0.482 e. The predicted octanol–water partition coefficient (Wildman–Crippen LogP) is 3.60. The molecule has 3 aromatic rings. The molecule has 30 heavy (non-hydrogen) atoms. The van der Waals surface area contributed by atoms with Crippen LogP contribution in [-0.4, -0.2) is 35.4 Å². The van der Waals surface area contributed by atoms with Crippen LogP contribution in [0.15, 0.2) is 60.7 Å². The van der Waals surface area contributed by atoms with E-state index in [0.717, 1.165) is 33.4 Å². The Hall–Kier alpha value is -3.80. The van der Waals surface area contributed by atoms with Gasteiger partial charge >= 0.3 is 11.9 Å². The number of hydrogen-bond donors (Lipinski definition) is 2. The van der Waals surface area contributed by atoms with E-state index in [2.05, 4.69) is 24.3 Å². The molecule has 0 unspecified atom stereocenters. The van der Waals surface area contributed by atoms with Crippen molar-refractivity contribution in [3.8, 4) is 11.5 Å². The van der Waals surface area contributed by atoms with Gasteiger partial charge in [-0.1, -0.05) is 48.5 Å². The van der Waals surface area contributed by atoms with Crippen molar-refractivity contribution in [3.05, 3.63) is 94.0 Å². The van der Waals surface area contributed by atoms with Gasteiger partial charge in [0.25, 0.3) is 0 Å². The third kappa shape index (κ3) is 2.72. The van der Waals surface area contributed by atoms with Crippen LogP contribution in [0.25, 0.3) is 0 Å². The van der Waals surface area contributed by atoms with Crippen molar-refractivity contribution in [3.63, 3.8) is 0 Å². The molecule has 6 rings (SSSR count). The summed E-state index contributed by atoms with van der Waals surface area (Å²) in [6, 6.07) is 19.6. The lowest BCUT2D eigenvalue weighted by molar-refractivity contribution is -0.140. The van der Waals surface area contributed by atoms with Gasteiger partial charge < -0.3 is 19.7 Å². The van der Waals surface area contributed by atoms with Crippen LogP contribution in [0.1, 0.15) is 45.2 Å². The lowest BCUT2D eigenvalue weighted by atomic mass is 9.60. The maximum atomic E-state index is 11.1. The molecule has 0 saturated carbocycles. The zero-order valence-electron chi connectivity index (χ0n) is 15.9. The number of hydrogen-bond acceptors (Lipinski definition) is 4. The summed E-state index contributed by atoms with van der Waals surface area (Å²) < 4.78 is 11.3. The molecule has 6 nitrogen and oxygen atoms in total. The third-order valence-electron chi connectivity index (χ3n) is 5.72. The van der Waals surface area contributed by atoms with E-state index in [1.54, 1.807) is 12.1 Å². The molecule has 6 heteroatoms. The van der Waals surface area contributed by atoms with Crippen molar-refractivity contribution in [1.82, 2.24) is 0 Å². The molecule has 0 fully saturated rings. The van der Waals surface area contributed by atoms with E-state index in [0.29, 0.717) is 11.5 Å². The van der Waals surface area contributed by atoms with Crippen LogP contribution in [0.3, 0.4) is 0 Å². The number of carbonyl (C=O) groups is 2. The Morgan fingerprint density at radius 2 is 0.967 bits per heavy atom. The van der Waals surface area contributed by atoms with Crippen LogP contribution in [0, 0.1) is 0 Å². The lowest BCUT2D eigenvalue weighted by Gasteiger charge is -2.43. The number of ether oxygens (including phenoxy) is 2. The van der Waals surface area contributed by atoms with Crippen LogP contribution >= 0.6 is 0 Å². The summed E-state index contributed by atoms with van der Waals surface area (Å²) >= 11 is 0. The van der Waals surface area contributed by atoms with E-state index in [9.17, 15) is 9.59 Å². The third-order valence-corrected chi connectivity index (χ3v) is 5.72. The molecule has 0 saturated heterocycles. The van der Waals surface area contributed by atoms with Gasteiger partial charge in [0.15, 0.2) is 13.2 Å². The van der Waals surface area contributed by atoms with Gasteiger partial charge in [0.2, 0.25) is 0 Å². The summed E-state index contributed by atoms with van der Waals surface area (Å²) in [5.41, 5.74) is 6.27. The lowest BCUT2D eigenvalue weighted by Crippen LogP contribution is -2.29. The molecule has 3 aromatic carbocycles. The average Bonchev–Trinajstić information content (AvgIpc) is 2.76. The molecule has 3 aliphatic rings. The first-order valence-corrected chi connectivity index (χ1v) is 9.60. The summed E-state index contributed by atoms with van der Waals surface area (Å²) in [5.74, 6) is -1.44. The minimum absolute atomic E-state index is 0.144. The van der Waals surface area contributed by atoms with E-state index >= 15 is 0 Å². The van der Waals surface area contributed by atoms with E-state index in [-0.39, 0.29) is 11.8 Å².